The van der Waals surface area contributed by atoms with Crippen LogP contribution in [-0.2, 0) is 57.5 Å². The number of aliphatic hydroxyl groups excluding tert-OH is 1. The van der Waals surface area contributed by atoms with Crippen molar-refractivity contribution in [3.63, 3.8) is 0 Å². The highest BCUT2D eigenvalue weighted by Crippen LogP contribution is 2.27. The molecular weight excluding hydrogens is 1210 g/mol. The number of allylic oxidation sites excluding steroid dienone is 2. The summed E-state index contributed by atoms with van der Waals surface area (Å²) in [5.41, 5.74) is -1.59. The molecule has 1 rings (SSSR count). The van der Waals surface area contributed by atoms with Gasteiger partial charge in [0.25, 0.3) is 0 Å². The summed E-state index contributed by atoms with van der Waals surface area (Å²) in [6, 6.07) is -14.4. The molecule has 0 aromatic rings. The Balaban J connectivity index is 4.56. The number of nitrogens with one attached hydrogen (secondary N) is 4. The number of hydrogen-bond donors (Lipinski definition) is 6. The molecule has 26 heteroatoms. The number of aliphatic hydroxyl groups is 2. The first-order valence-corrected chi connectivity index (χ1v) is 34.3. The van der Waals surface area contributed by atoms with Gasteiger partial charge in [-0.2, -0.15) is 11.8 Å². The molecule has 0 aromatic carbocycles. The first-order valence-electron chi connectivity index (χ1n) is 33.1. The average molecular weight is 1340 g/mol. The van der Waals surface area contributed by atoms with Gasteiger partial charge in [0.15, 0.2) is 0 Å². The fraction of sp³-hybridized carbons (Fsp3) is 0.806. The highest BCUT2D eigenvalue weighted by Gasteiger charge is 2.47. The molecule has 0 unspecified atom stereocenters. The highest BCUT2D eigenvalue weighted by atomic mass is 32.2. The second kappa shape index (κ2) is 39.2. The topological polar surface area (TPSA) is 308 Å². The second-order valence-electron chi connectivity index (χ2n) is 28.1. The summed E-state index contributed by atoms with van der Waals surface area (Å²) >= 11 is 1.34. The number of rotatable bonds is 21. The van der Waals surface area contributed by atoms with Gasteiger partial charge < -0.3 is 70.5 Å². The van der Waals surface area contributed by atoms with Crippen LogP contribution in [0.15, 0.2) is 12.2 Å². The molecule has 1 aliphatic heterocycles. The van der Waals surface area contributed by atoms with Crippen molar-refractivity contribution in [3.8, 4) is 0 Å². The molecule has 534 valence electrons. The molecule has 6 N–H and O–H groups in total. The van der Waals surface area contributed by atoms with E-state index in [2.05, 4.69) is 21.3 Å². The molecule has 13 atom stereocenters. The van der Waals surface area contributed by atoms with Crippen LogP contribution in [-0.4, -0.2) is 262 Å². The van der Waals surface area contributed by atoms with Crippen LogP contribution >= 0.6 is 11.8 Å². The maximum absolute atomic E-state index is 15.3. The molecule has 0 aromatic heterocycles. The molecule has 93 heavy (non-hydrogen) atoms. The molecule has 1 saturated heterocycles. The largest absolute Gasteiger partial charge is 0.390 e. The number of carbonyl (C=O) groups excluding carboxylic acids is 11. The minimum atomic E-state index is -1.66. The van der Waals surface area contributed by atoms with Crippen LogP contribution in [0.25, 0.3) is 0 Å². The lowest BCUT2D eigenvalue weighted by atomic mass is 9.91. The van der Waals surface area contributed by atoms with Crippen molar-refractivity contribution in [3.05, 3.63) is 12.2 Å². The maximum atomic E-state index is 15.3. The molecule has 11 amide bonds. The van der Waals surface area contributed by atoms with E-state index < -0.39 is 161 Å². The standard InChI is InChI=1S/C67H121N11O14S/c1-26-28-30-43(13)55(79)54-59(83)70-46(27-2)61(85)76(22)51(37-93-32-29-31-92-25)64(88)75(21)50(36-67(16,17)91)58(82)71-52(41(9)10)65(89)72(18)47(33-38(3)4)57(81)68-44(14)56(80)69-45(15)60(84)73(19)48(34-39(5)6)62(86)74(20)49(35-40(7)8)63(87)77(23)53(42(11)12)66(90)78(54)24/h26,28,38-55,79,91H,27,29-37H2,1-25H3,(H,68,81)(H,69,80)(H,70,83)(H,71,82)/b28-26+/t43-,44+,45-,46+,47+,48+,49+,50+,51-,52+,53+,54+,55-/m1/s1. The van der Waals surface area contributed by atoms with Crippen LogP contribution in [0.3, 0.4) is 0 Å². The van der Waals surface area contributed by atoms with Gasteiger partial charge in [-0.25, -0.2) is 0 Å². The second-order valence-corrected chi connectivity index (χ2v) is 29.3. The van der Waals surface area contributed by atoms with Gasteiger partial charge in [-0.15, -0.1) is 0 Å². The van der Waals surface area contributed by atoms with Crippen molar-refractivity contribution < 1.29 is 67.7 Å². The number of methoxy groups -OCH3 is 1. The Hall–Kier alpha value is -5.86. The van der Waals surface area contributed by atoms with E-state index in [4.69, 9.17) is 4.74 Å². The minimum Gasteiger partial charge on any atom is -0.390 e. The van der Waals surface area contributed by atoms with Gasteiger partial charge in [-0.3, -0.25) is 52.7 Å². The van der Waals surface area contributed by atoms with Crippen LogP contribution in [0.5, 0.6) is 0 Å². The van der Waals surface area contributed by atoms with Crippen LogP contribution in [0.2, 0.25) is 0 Å². The Kier molecular flexibility index (Phi) is 35.9. The van der Waals surface area contributed by atoms with E-state index in [1.54, 1.807) is 67.7 Å². The normalized spacial score (nSPS) is 26.6. The fourth-order valence-corrected chi connectivity index (χ4v) is 12.6. The molecule has 1 aliphatic rings. The summed E-state index contributed by atoms with van der Waals surface area (Å²) in [7, 11) is 11.4. The summed E-state index contributed by atoms with van der Waals surface area (Å²) in [6.07, 6.45) is 2.90. The summed E-state index contributed by atoms with van der Waals surface area (Å²) in [4.78, 5) is 172. The SMILES string of the molecule is C/C=C/C[C@@H](C)[C@@H](O)[C@H]1C(=O)N[C@@H](CC)C(=O)N(C)[C@H](CSCCCOC)C(=O)N(C)[C@@H](CC(C)(C)O)C(=O)N[C@@H](C(C)C)C(=O)N(C)[C@@H](CC(C)C)C(=O)N[C@@H](C)C(=O)N[C@H](C)C(=O)N(C)[C@@H](CC(C)C)C(=O)N(C)[C@@H](CC(C)C)C(=O)N(C)[C@@H](C(C)C)C(=O)N1C. The lowest BCUT2D eigenvalue weighted by Gasteiger charge is -2.41. The average Bonchev–Trinajstić information content (AvgIpc) is 0.853. The summed E-state index contributed by atoms with van der Waals surface area (Å²) < 4.78 is 5.26. The third-order valence-electron chi connectivity index (χ3n) is 17.3. The lowest BCUT2D eigenvalue weighted by molar-refractivity contribution is -0.157. The quantitative estimate of drug-likeness (QED) is 0.0708. The van der Waals surface area contributed by atoms with Gasteiger partial charge >= 0.3 is 0 Å². The Labute approximate surface area is 560 Å². The van der Waals surface area contributed by atoms with Crippen molar-refractivity contribution in [2.24, 2.45) is 35.5 Å². The maximum Gasteiger partial charge on any atom is 0.246 e. The molecule has 0 bridgehead atoms. The van der Waals surface area contributed by atoms with E-state index in [0.717, 1.165) is 9.80 Å². The van der Waals surface area contributed by atoms with Gasteiger partial charge in [0, 0.05) is 75.2 Å². The number of thioether (sulfide) groups is 1. The highest BCUT2D eigenvalue weighted by molar-refractivity contribution is 7.99. The van der Waals surface area contributed by atoms with Crippen molar-refractivity contribution >= 4 is 76.7 Å². The Bertz CT molecular complexity index is 2530. The third kappa shape index (κ3) is 25.0. The molecule has 1 heterocycles. The zero-order valence-corrected chi connectivity index (χ0v) is 61.8. The van der Waals surface area contributed by atoms with E-state index in [1.807, 2.05) is 41.5 Å². The first-order chi connectivity index (χ1) is 43.0. The van der Waals surface area contributed by atoms with Gasteiger partial charge in [-0.1, -0.05) is 95.2 Å². The predicted molar refractivity (Wildman–Crippen MR) is 363 cm³/mol. The van der Waals surface area contributed by atoms with Gasteiger partial charge in [0.2, 0.25) is 65.0 Å². The van der Waals surface area contributed by atoms with Gasteiger partial charge in [-0.05, 0) is 114 Å². The zero-order valence-electron chi connectivity index (χ0n) is 61.0. The number of hydrogen-bond acceptors (Lipinski definition) is 15. The van der Waals surface area contributed by atoms with Crippen molar-refractivity contribution in [2.75, 3.05) is 74.6 Å². The molecule has 0 spiro atoms. The number of ether oxygens (including phenoxy) is 1. The van der Waals surface area contributed by atoms with Gasteiger partial charge in [0.1, 0.15) is 66.5 Å². The summed E-state index contributed by atoms with van der Waals surface area (Å²) in [6.45, 7) is 29.3. The predicted octanol–water partition coefficient (Wildman–Crippen LogP) is 3.52. The molecule has 0 aliphatic carbocycles. The Morgan fingerprint density at radius 3 is 1.44 bits per heavy atom. The van der Waals surface area contributed by atoms with E-state index in [9.17, 15) is 34.2 Å². The van der Waals surface area contributed by atoms with E-state index >= 15 is 28.8 Å². The Morgan fingerprint density at radius 2 is 0.968 bits per heavy atom. The molecule has 1 fully saturated rings. The number of carbonyl (C=O) groups is 11. The number of likely N-dealkylation sites (N-methyl/N-ethyl adjacent to an activating group) is 7. The number of amides is 11. The molecule has 25 nitrogen and oxygen atoms in total. The molecule has 0 saturated carbocycles. The van der Waals surface area contributed by atoms with Crippen LogP contribution in [0.1, 0.15) is 163 Å². The summed E-state index contributed by atoms with van der Waals surface area (Å²) in [5, 5.41) is 34.6. The Morgan fingerprint density at radius 1 is 0.527 bits per heavy atom. The third-order valence-corrected chi connectivity index (χ3v) is 18.4. The minimum absolute atomic E-state index is 0.00752. The van der Waals surface area contributed by atoms with E-state index in [0.29, 0.717) is 18.8 Å². The van der Waals surface area contributed by atoms with Crippen LogP contribution < -0.4 is 21.3 Å². The van der Waals surface area contributed by atoms with Crippen molar-refractivity contribution in [1.82, 2.24) is 55.6 Å². The first kappa shape index (κ1) is 85.2. The molecule has 0 radical (unpaired) electrons. The van der Waals surface area contributed by atoms with Crippen LogP contribution in [0.4, 0.5) is 0 Å². The summed E-state index contributed by atoms with van der Waals surface area (Å²) in [5.74, 6) is -9.87. The van der Waals surface area contributed by atoms with Crippen molar-refractivity contribution in [1.29, 1.82) is 0 Å². The lowest BCUT2D eigenvalue weighted by Crippen LogP contribution is -2.64. The van der Waals surface area contributed by atoms with E-state index in [1.165, 1.54) is 113 Å². The monoisotopic (exact) mass is 1340 g/mol. The van der Waals surface area contributed by atoms with Crippen molar-refractivity contribution in [2.45, 2.75) is 241 Å². The van der Waals surface area contributed by atoms with Gasteiger partial charge in [0.05, 0.1) is 11.7 Å². The number of nitrogens with zero attached hydrogens (tertiary/aromatic N) is 7. The molecular formula is C67H121N11O14S. The van der Waals surface area contributed by atoms with Crippen LogP contribution in [0, 0.1) is 35.5 Å². The van der Waals surface area contributed by atoms with E-state index in [-0.39, 0.29) is 62.0 Å². The smallest absolute Gasteiger partial charge is 0.246 e. The fourth-order valence-electron chi connectivity index (χ4n) is 11.5. The zero-order chi connectivity index (χ0) is 72.0.